The van der Waals surface area contributed by atoms with Gasteiger partial charge in [-0.1, -0.05) is 51.5 Å². The molecule has 0 aliphatic rings. The predicted molar refractivity (Wildman–Crippen MR) is 103 cm³/mol. The third kappa shape index (κ3) is 3.93. The molecule has 0 unspecified atom stereocenters. The van der Waals surface area contributed by atoms with Crippen molar-refractivity contribution in [2.24, 2.45) is 0 Å². The van der Waals surface area contributed by atoms with E-state index in [0.717, 1.165) is 20.8 Å². The van der Waals surface area contributed by atoms with Gasteiger partial charge >= 0.3 is 6.18 Å². The van der Waals surface area contributed by atoms with Crippen LogP contribution < -0.4 is 5.32 Å². The number of hydrogen-bond donors (Lipinski definition) is 1. The summed E-state index contributed by atoms with van der Waals surface area (Å²) in [7, 11) is 0. The van der Waals surface area contributed by atoms with E-state index in [-0.39, 0.29) is 11.6 Å². The summed E-state index contributed by atoms with van der Waals surface area (Å²) in [6, 6.07) is 15.2. The molecule has 0 bridgehead atoms. The maximum absolute atomic E-state index is 13.3. The second kappa shape index (κ2) is 6.90. The summed E-state index contributed by atoms with van der Waals surface area (Å²) in [4.78, 5) is 12.2. The number of para-hydroxylation sites is 1. The summed E-state index contributed by atoms with van der Waals surface area (Å²) in [5.74, 6) is -0.151. The average molecular weight is 451 g/mol. The van der Waals surface area contributed by atoms with Crippen LogP contribution in [0.15, 0.2) is 59.1 Å². The molecule has 2 aromatic heterocycles. The zero-order valence-electron chi connectivity index (χ0n) is 13.5. The highest BCUT2D eigenvalue weighted by atomic mass is 79.9. The number of anilines is 2. The first-order valence-corrected chi connectivity index (χ1v) is 9.34. The zero-order valence-corrected chi connectivity index (χ0v) is 15.9. The van der Waals surface area contributed by atoms with Crippen molar-refractivity contribution < 1.29 is 13.2 Å². The Bertz CT molecular complexity index is 1080. The summed E-state index contributed by atoms with van der Waals surface area (Å²) in [6.45, 7) is 0. The molecular formula is C18H10BrF3N4S. The molecule has 4 nitrogen and oxygen atoms in total. The topological polar surface area (TPSA) is 50.7 Å². The first-order chi connectivity index (χ1) is 12.9. The summed E-state index contributed by atoms with van der Waals surface area (Å²) >= 11 is 4.63. The van der Waals surface area contributed by atoms with Gasteiger partial charge in [-0.25, -0.2) is 15.0 Å². The van der Waals surface area contributed by atoms with Crippen LogP contribution in [0.25, 0.3) is 21.5 Å². The highest BCUT2D eigenvalue weighted by Crippen LogP contribution is 2.33. The summed E-state index contributed by atoms with van der Waals surface area (Å²) in [5.41, 5.74) is 0.469. The van der Waals surface area contributed by atoms with Gasteiger partial charge in [-0.15, -0.1) is 0 Å². The Kier molecular flexibility index (Phi) is 4.56. The van der Waals surface area contributed by atoms with Crippen molar-refractivity contribution in [1.29, 1.82) is 0 Å². The number of benzene rings is 2. The van der Waals surface area contributed by atoms with Crippen LogP contribution in [0, 0.1) is 0 Å². The van der Waals surface area contributed by atoms with Crippen LogP contribution in [0.3, 0.4) is 0 Å². The number of fused-ring (bicyclic) bond motifs is 1. The Labute approximate surface area is 164 Å². The van der Waals surface area contributed by atoms with Crippen LogP contribution >= 0.6 is 27.3 Å². The Hall–Kier alpha value is -2.52. The van der Waals surface area contributed by atoms with Crippen LogP contribution in [0.2, 0.25) is 0 Å². The van der Waals surface area contributed by atoms with Gasteiger partial charge in [0.15, 0.2) is 10.8 Å². The quantitative estimate of drug-likeness (QED) is 0.399. The van der Waals surface area contributed by atoms with Crippen LogP contribution in [0.4, 0.5) is 24.3 Å². The molecule has 0 aliphatic heterocycles. The molecule has 0 amide bonds. The minimum atomic E-state index is -4.59. The lowest BCUT2D eigenvalue weighted by molar-refractivity contribution is -0.141. The van der Waals surface area contributed by atoms with E-state index >= 15 is 0 Å². The van der Waals surface area contributed by atoms with Gasteiger partial charge in [0.05, 0.1) is 15.9 Å². The Morgan fingerprint density at radius 1 is 0.926 bits per heavy atom. The van der Waals surface area contributed by atoms with E-state index < -0.39 is 11.9 Å². The lowest BCUT2D eigenvalue weighted by Gasteiger charge is -2.11. The average Bonchev–Trinajstić information content (AvgIpc) is 3.03. The molecule has 0 radical (unpaired) electrons. The molecule has 0 fully saturated rings. The third-order valence-corrected chi connectivity index (χ3v) is 5.15. The lowest BCUT2D eigenvalue weighted by Crippen LogP contribution is -2.11. The minimum absolute atomic E-state index is 0.151. The van der Waals surface area contributed by atoms with Crippen molar-refractivity contribution in [2.75, 3.05) is 5.32 Å². The van der Waals surface area contributed by atoms with Gasteiger partial charge in [0.2, 0.25) is 5.95 Å². The van der Waals surface area contributed by atoms with Crippen molar-refractivity contribution >= 4 is 48.6 Å². The first-order valence-electron chi connectivity index (χ1n) is 7.73. The molecule has 0 saturated carbocycles. The second-order valence-corrected chi connectivity index (χ2v) is 7.52. The van der Waals surface area contributed by atoms with Crippen LogP contribution in [0.5, 0.6) is 0 Å². The molecular weight excluding hydrogens is 441 g/mol. The van der Waals surface area contributed by atoms with E-state index in [1.54, 1.807) is 24.3 Å². The van der Waals surface area contributed by atoms with E-state index in [1.165, 1.54) is 11.3 Å². The van der Waals surface area contributed by atoms with Gasteiger partial charge in [-0.3, -0.25) is 5.32 Å². The van der Waals surface area contributed by atoms with Crippen LogP contribution in [0.1, 0.15) is 5.69 Å². The highest BCUT2D eigenvalue weighted by Gasteiger charge is 2.34. The predicted octanol–water partition coefficient (Wildman–Crippen LogP) is 6.28. The first kappa shape index (κ1) is 17.9. The van der Waals surface area contributed by atoms with Crippen molar-refractivity contribution in [3.05, 3.63) is 64.8 Å². The zero-order chi connectivity index (χ0) is 19.0. The molecule has 0 saturated heterocycles. The Morgan fingerprint density at radius 3 is 2.37 bits per heavy atom. The molecule has 4 aromatic rings. The van der Waals surface area contributed by atoms with E-state index in [9.17, 15) is 13.2 Å². The Morgan fingerprint density at radius 2 is 1.67 bits per heavy atom. The summed E-state index contributed by atoms with van der Waals surface area (Å²) < 4.78 is 41.6. The van der Waals surface area contributed by atoms with E-state index in [0.29, 0.717) is 10.7 Å². The maximum atomic E-state index is 13.3. The normalized spacial score (nSPS) is 11.7. The van der Waals surface area contributed by atoms with Crippen LogP contribution in [-0.4, -0.2) is 15.0 Å². The minimum Gasteiger partial charge on any atom is -0.300 e. The van der Waals surface area contributed by atoms with Crippen molar-refractivity contribution in [3.63, 3.8) is 0 Å². The summed E-state index contributed by atoms with van der Waals surface area (Å²) in [5, 5.41) is 3.23. The second-order valence-electron chi connectivity index (χ2n) is 5.58. The molecule has 0 aliphatic carbocycles. The summed E-state index contributed by atoms with van der Waals surface area (Å²) in [6.07, 6.45) is -4.59. The van der Waals surface area contributed by atoms with Crippen LogP contribution in [-0.2, 0) is 6.18 Å². The molecule has 2 heterocycles. The molecule has 0 atom stereocenters. The van der Waals surface area contributed by atoms with Gasteiger partial charge in [-0.2, -0.15) is 13.2 Å². The molecule has 4 rings (SSSR count). The monoisotopic (exact) mass is 450 g/mol. The molecule has 27 heavy (non-hydrogen) atoms. The molecule has 1 N–H and O–H groups in total. The molecule has 136 valence electrons. The Balaban J connectivity index is 1.76. The van der Waals surface area contributed by atoms with Crippen molar-refractivity contribution in [3.8, 4) is 11.3 Å². The number of nitrogens with zero attached hydrogens (tertiary/aromatic N) is 3. The number of hydrogen-bond acceptors (Lipinski definition) is 5. The van der Waals surface area contributed by atoms with E-state index in [1.807, 2.05) is 24.3 Å². The SMILES string of the molecule is FC(F)(F)c1cc(-c2ccc(Br)cc2)nc(Nc2nc3ccccc3s2)n1. The molecule has 2 aromatic carbocycles. The standard InChI is InChI=1S/C18H10BrF3N4S/c19-11-7-5-10(6-8-11)13-9-15(18(20,21)22)25-16(23-13)26-17-24-12-3-1-2-4-14(12)27-17/h1-9H,(H,23,24,25,26). The molecule has 9 heteroatoms. The molecule has 0 spiro atoms. The van der Waals surface area contributed by atoms with E-state index in [2.05, 4.69) is 36.2 Å². The fourth-order valence-electron chi connectivity index (χ4n) is 2.44. The number of nitrogens with one attached hydrogen (secondary N) is 1. The number of halogens is 4. The van der Waals surface area contributed by atoms with Gasteiger partial charge < -0.3 is 0 Å². The number of thiazole rings is 1. The number of aromatic nitrogens is 3. The van der Waals surface area contributed by atoms with Crippen molar-refractivity contribution in [2.45, 2.75) is 6.18 Å². The fourth-order valence-corrected chi connectivity index (χ4v) is 3.56. The third-order valence-electron chi connectivity index (χ3n) is 3.67. The van der Waals surface area contributed by atoms with Gasteiger partial charge in [-0.05, 0) is 30.3 Å². The van der Waals surface area contributed by atoms with E-state index in [4.69, 9.17) is 0 Å². The smallest absolute Gasteiger partial charge is 0.300 e. The lowest BCUT2D eigenvalue weighted by atomic mass is 10.1. The largest absolute Gasteiger partial charge is 0.433 e. The maximum Gasteiger partial charge on any atom is 0.433 e. The van der Waals surface area contributed by atoms with Gasteiger partial charge in [0, 0.05) is 10.0 Å². The highest BCUT2D eigenvalue weighted by molar-refractivity contribution is 9.10. The van der Waals surface area contributed by atoms with Crippen molar-refractivity contribution in [1.82, 2.24) is 15.0 Å². The number of rotatable bonds is 3. The number of alkyl halides is 3. The van der Waals surface area contributed by atoms with Gasteiger partial charge in [0.25, 0.3) is 0 Å². The van der Waals surface area contributed by atoms with Gasteiger partial charge in [0.1, 0.15) is 0 Å². The fraction of sp³-hybridized carbons (Fsp3) is 0.0556.